The molecule has 1 atom stereocenters. The van der Waals surface area contributed by atoms with Crippen LogP contribution in [0.2, 0.25) is 0 Å². The van der Waals surface area contributed by atoms with Crippen molar-refractivity contribution in [3.8, 4) is 0 Å². The van der Waals surface area contributed by atoms with Gasteiger partial charge in [0.05, 0.1) is 6.54 Å². The van der Waals surface area contributed by atoms with E-state index in [0.717, 1.165) is 62.9 Å². The number of aromatic amines is 1. The molecule has 0 fully saturated rings. The number of nitrogens with one attached hydrogen (secondary N) is 3. The summed E-state index contributed by atoms with van der Waals surface area (Å²) in [5.74, 6) is 2.66. The molecule has 0 radical (unpaired) electrons. The first kappa shape index (κ1) is 21.4. The maximum absolute atomic E-state index is 5.16. The predicted molar refractivity (Wildman–Crippen MR) is 123 cm³/mol. The standard InChI is InChI=1S/C23H33N7O/c1-4-16-7-6-8-19-17(13-26-22(16)19)11-12-25-23(24-5-2)27-18-9-10-21-28-20(15-31-3)29-30(21)14-18/h6-8,13,18,26H,4-5,9-12,14-15H2,1-3H3,(H2,24,25,27). The number of H-pyrrole nitrogens is 1. The van der Waals surface area contributed by atoms with Crippen LogP contribution in [0, 0.1) is 0 Å². The van der Waals surface area contributed by atoms with Crippen LogP contribution >= 0.6 is 0 Å². The van der Waals surface area contributed by atoms with Crippen molar-refractivity contribution in [2.45, 2.75) is 58.7 Å². The van der Waals surface area contributed by atoms with Crippen molar-refractivity contribution in [2.24, 2.45) is 4.99 Å². The second-order valence-electron chi connectivity index (χ2n) is 7.96. The van der Waals surface area contributed by atoms with Crippen molar-refractivity contribution in [3.63, 3.8) is 0 Å². The van der Waals surface area contributed by atoms with Crippen LogP contribution in [-0.2, 0) is 37.2 Å². The zero-order chi connectivity index (χ0) is 21.6. The Bertz CT molecular complexity index is 1040. The molecule has 31 heavy (non-hydrogen) atoms. The van der Waals surface area contributed by atoms with Gasteiger partial charge >= 0.3 is 0 Å². The molecule has 0 saturated carbocycles. The zero-order valence-electron chi connectivity index (χ0n) is 18.7. The highest BCUT2D eigenvalue weighted by Crippen LogP contribution is 2.22. The van der Waals surface area contributed by atoms with Crippen LogP contribution in [0.15, 0.2) is 29.4 Å². The number of aromatic nitrogens is 4. The summed E-state index contributed by atoms with van der Waals surface area (Å²) in [4.78, 5) is 12.8. The molecule has 3 heterocycles. The molecule has 0 aliphatic carbocycles. The van der Waals surface area contributed by atoms with E-state index in [1.54, 1.807) is 7.11 Å². The summed E-state index contributed by atoms with van der Waals surface area (Å²) in [6.07, 6.45) is 5.99. The van der Waals surface area contributed by atoms with E-state index in [-0.39, 0.29) is 6.04 Å². The normalized spacial score (nSPS) is 16.5. The second-order valence-corrected chi connectivity index (χ2v) is 7.96. The molecule has 0 bridgehead atoms. The molecule has 1 aromatic carbocycles. The van der Waals surface area contributed by atoms with E-state index in [4.69, 9.17) is 9.73 Å². The van der Waals surface area contributed by atoms with Crippen LogP contribution in [0.4, 0.5) is 0 Å². The fraction of sp³-hybridized carbons (Fsp3) is 0.522. The number of ether oxygens (including phenoxy) is 1. The minimum absolute atomic E-state index is 0.280. The minimum Gasteiger partial charge on any atom is -0.377 e. The summed E-state index contributed by atoms with van der Waals surface area (Å²) in [6.45, 7) is 7.10. The average Bonchev–Trinajstić information content (AvgIpc) is 3.37. The summed E-state index contributed by atoms with van der Waals surface area (Å²) < 4.78 is 7.15. The molecule has 3 N–H and O–H groups in total. The van der Waals surface area contributed by atoms with Gasteiger partial charge in [0.1, 0.15) is 12.4 Å². The van der Waals surface area contributed by atoms with Crippen LogP contribution in [-0.4, -0.2) is 51.9 Å². The van der Waals surface area contributed by atoms with E-state index >= 15 is 0 Å². The van der Waals surface area contributed by atoms with Crippen molar-refractivity contribution in [3.05, 3.63) is 47.2 Å². The first-order chi connectivity index (χ1) is 15.2. The summed E-state index contributed by atoms with van der Waals surface area (Å²) >= 11 is 0. The van der Waals surface area contributed by atoms with Gasteiger partial charge in [0.2, 0.25) is 0 Å². The van der Waals surface area contributed by atoms with Crippen molar-refractivity contribution in [1.82, 2.24) is 30.4 Å². The maximum atomic E-state index is 5.16. The lowest BCUT2D eigenvalue weighted by molar-refractivity contribution is 0.177. The number of rotatable bonds is 8. The van der Waals surface area contributed by atoms with Crippen LogP contribution in [0.25, 0.3) is 10.9 Å². The number of aryl methyl sites for hydroxylation is 2. The van der Waals surface area contributed by atoms with E-state index in [0.29, 0.717) is 6.61 Å². The molecule has 166 valence electrons. The van der Waals surface area contributed by atoms with Crippen LogP contribution in [0.1, 0.15) is 43.0 Å². The van der Waals surface area contributed by atoms with Crippen LogP contribution in [0.5, 0.6) is 0 Å². The maximum Gasteiger partial charge on any atom is 0.191 e. The van der Waals surface area contributed by atoms with Gasteiger partial charge in [0, 0.05) is 49.8 Å². The average molecular weight is 424 g/mol. The molecule has 4 rings (SSSR count). The monoisotopic (exact) mass is 423 g/mol. The second kappa shape index (κ2) is 9.96. The molecule has 8 heteroatoms. The molecular weight excluding hydrogens is 390 g/mol. The Morgan fingerprint density at radius 3 is 3.03 bits per heavy atom. The summed E-state index contributed by atoms with van der Waals surface area (Å²) in [7, 11) is 1.67. The van der Waals surface area contributed by atoms with Crippen molar-refractivity contribution >= 4 is 16.9 Å². The quantitative estimate of drug-likeness (QED) is 0.383. The molecule has 3 aromatic rings. The van der Waals surface area contributed by atoms with Gasteiger partial charge in [0.15, 0.2) is 11.8 Å². The third-order valence-corrected chi connectivity index (χ3v) is 5.78. The Kier molecular flexibility index (Phi) is 6.86. The number of aliphatic imine (C=N–C) groups is 1. The lowest BCUT2D eigenvalue weighted by Gasteiger charge is -2.25. The number of fused-ring (bicyclic) bond motifs is 2. The van der Waals surface area contributed by atoms with E-state index < -0.39 is 0 Å². The van der Waals surface area contributed by atoms with Crippen molar-refractivity contribution in [2.75, 3.05) is 20.2 Å². The van der Waals surface area contributed by atoms with Crippen molar-refractivity contribution < 1.29 is 4.74 Å². The number of methoxy groups -OCH3 is 1. The van der Waals surface area contributed by atoms with Gasteiger partial charge in [-0.25, -0.2) is 9.67 Å². The van der Waals surface area contributed by atoms with E-state index in [1.165, 1.54) is 22.0 Å². The molecule has 1 aliphatic rings. The van der Waals surface area contributed by atoms with Gasteiger partial charge in [-0.1, -0.05) is 25.1 Å². The smallest absolute Gasteiger partial charge is 0.191 e. The highest BCUT2D eigenvalue weighted by Gasteiger charge is 2.22. The van der Waals surface area contributed by atoms with E-state index in [9.17, 15) is 0 Å². The van der Waals surface area contributed by atoms with Crippen LogP contribution in [0.3, 0.4) is 0 Å². The Labute approximate surface area is 183 Å². The molecule has 0 spiro atoms. The Hall–Kier alpha value is -2.87. The van der Waals surface area contributed by atoms with Gasteiger partial charge < -0.3 is 20.4 Å². The lowest BCUT2D eigenvalue weighted by atomic mass is 10.1. The molecular formula is C23H33N7O. The molecule has 1 aliphatic heterocycles. The number of benzene rings is 1. The van der Waals surface area contributed by atoms with Crippen molar-refractivity contribution in [1.29, 1.82) is 0 Å². The summed E-state index contributed by atoms with van der Waals surface area (Å²) in [5.41, 5.74) is 3.94. The largest absolute Gasteiger partial charge is 0.377 e. The van der Waals surface area contributed by atoms with Gasteiger partial charge in [-0.2, -0.15) is 5.10 Å². The minimum atomic E-state index is 0.280. The molecule has 0 amide bonds. The topological polar surface area (TPSA) is 92.2 Å². The first-order valence-electron chi connectivity index (χ1n) is 11.3. The molecule has 0 saturated heterocycles. The summed E-state index contributed by atoms with van der Waals surface area (Å²) in [5, 5.41) is 12.8. The number of para-hydroxylation sites is 1. The third-order valence-electron chi connectivity index (χ3n) is 5.78. The van der Waals surface area contributed by atoms with Gasteiger partial charge in [-0.3, -0.25) is 4.99 Å². The Morgan fingerprint density at radius 1 is 1.32 bits per heavy atom. The number of nitrogens with zero attached hydrogens (tertiary/aromatic N) is 4. The number of guanidine groups is 1. The molecule has 2 aromatic heterocycles. The van der Waals surface area contributed by atoms with Gasteiger partial charge in [0.25, 0.3) is 0 Å². The van der Waals surface area contributed by atoms with Crippen LogP contribution < -0.4 is 10.6 Å². The van der Waals surface area contributed by atoms with E-state index in [1.807, 2.05) is 4.68 Å². The molecule has 1 unspecified atom stereocenters. The fourth-order valence-electron chi connectivity index (χ4n) is 4.25. The van der Waals surface area contributed by atoms with Gasteiger partial charge in [-0.05, 0) is 37.3 Å². The van der Waals surface area contributed by atoms with E-state index in [2.05, 4.69) is 63.9 Å². The number of hydrogen-bond donors (Lipinski definition) is 3. The fourth-order valence-corrected chi connectivity index (χ4v) is 4.25. The zero-order valence-corrected chi connectivity index (χ0v) is 18.7. The Balaban J connectivity index is 1.38. The molecule has 8 nitrogen and oxygen atoms in total. The highest BCUT2D eigenvalue weighted by atomic mass is 16.5. The first-order valence-corrected chi connectivity index (χ1v) is 11.3. The lowest BCUT2D eigenvalue weighted by Crippen LogP contribution is -2.47. The Morgan fingerprint density at radius 2 is 2.23 bits per heavy atom. The SMILES string of the molecule is CCNC(=NCCc1c[nH]c2c(CC)cccc12)NC1CCc2nc(COC)nn2C1. The van der Waals surface area contributed by atoms with Gasteiger partial charge in [-0.15, -0.1) is 0 Å². The summed E-state index contributed by atoms with van der Waals surface area (Å²) in [6, 6.07) is 6.81. The predicted octanol–water partition coefficient (Wildman–Crippen LogP) is 2.58. The third kappa shape index (κ3) is 4.90. The highest BCUT2D eigenvalue weighted by molar-refractivity contribution is 5.86. The number of hydrogen-bond acceptors (Lipinski definition) is 4.